The van der Waals surface area contributed by atoms with Crippen molar-refractivity contribution in [3.63, 3.8) is 0 Å². The van der Waals surface area contributed by atoms with E-state index in [0.717, 1.165) is 6.54 Å². The highest BCUT2D eigenvalue weighted by atomic mass is 16.6. The van der Waals surface area contributed by atoms with Gasteiger partial charge in [0.15, 0.2) is 0 Å². The Balaban J connectivity index is 2.76. The topological polar surface area (TPSA) is 75.5 Å². The first-order chi connectivity index (χ1) is 9.86. The van der Waals surface area contributed by atoms with Gasteiger partial charge < -0.3 is 5.32 Å². The molecule has 0 heterocycles. The van der Waals surface area contributed by atoms with Gasteiger partial charge in [0, 0.05) is 12.1 Å². The molecule has 0 bridgehead atoms. The van der Waals surface area contributed by atoms with Gasteiger partial charge in [0.1, 0.15) is 5.69 Å². The van der Waals surface area contributed by atoms with E-state index in [2.05, 4.69) is 31.0 Å². The second kappa shape index (κ2) is 7.73. The van der Waals surface area contributed by atoms with Gasteiger partial charge in [-0.3, -0.25) is 19.8 Å². The van der Waals surface area contributed by atoms with Gasteiger partial charge in [0.25, 0.3) is 5.69 Å². The summed E-state index contributed by atoms with van der Waals surface area (Å²) in [6.07, 6.45) is 0. The van der Waals surface area contributed by atoms with E-state index in [1.54, 1.807) is 12.1 Å². The molecule has 1 aromatic carbocycles. The van der Waals surface area contributed by atoms with Crippen molar-refractivity contribution in [1.82, 2.24) is 4.90 Å². The second-order valence-corrected chi connectivity index (χ2v) is 5.37. The molecule has 6 heteroatoms. The largest absolute Gasteiger partial charge is 0.319 e. The Morgan fingerprint density at radius 2 is 1.95 bits per heavy atom. The number of carbonyl (C=O) groups is 1. The molecule has 0 aliphatic heterocycles. The molecule has 0 spiro atoms. The summed E-state index contributed by atoms with van der Waals surface area (Å²) in [7, 11) is 0. The van der Waals surface area contributed by atoms with E-state index in [9.17, 15) is 14.9 Å². The van der Waals surface area contributed by atoms with Crippen LogP contribution in [0.4, 0.5) is 11.4 Å². The molecule has 0 aliphatic carbocycles. The minimum absolute atomic E-state index is 0.0918. The first kappa shape index (κ1) is 17.1. The van der Waals surface area contributed by atoms with Crippen LogP contribution in [0.3, 0.4) is 0 Å². The van der Waals surface area contributed by atoms with Crippen LogP contribution < -0.4 is 5.32 Å². The number of amides is 1. The molecular formula is C15H23N3O3. The lowest BCUT2D eigenvalue weighted by Gasteiger charge is -2.29. The van der Waals surface area contributed by atoms with Crippen LogP contribution in [-0.4, -0.2) is 34.9 Å². The second-order valence-electron chi connectivity index (χ2n) is 5.37. The molecule has 0 aromatic heterocycles. The third-order valence-corrected chi connectivity index (χ3v) is 3.67. The maximum absolute atomic E-state index is 12.1. The number of hydrogen-bond donors (Lipinski definition) is 1. The van der Waals surface area contributed by atoms with Crippen molar-refractivity contribution in [3.05, 3.63) is 34.4 Å². The molecule has 1 rings (SSSR count). The molecule has 1 amide bonds. The molecule has 0 saturated heterocycles. The van der Waals surface area contributed by atoms with Crippen molar-refractivity contribution in [2.75, 3.05) is 18.4 Å². The number of anilines is 1. The van der Waals surface area contributed by atoms with Crippen LogP contribution in [0.1, 0.15) is 27.7 Å². The van der Waals surface area contributed by atoms with E-state index in [1.807, 2.05) is 6.92 Å². The summed E-state index contributed by atoms with van der Waals surface area (Å²) in [5.74, 6) is 0.197. The highest BCUT2D eigenvalue weighted by molar-refractivity contribution is 5.94. The summed E-state index contributed by atoms with van der Waals surface area (Å²) in [6, 6.07) is 6.43. The smallest absolute Gasteiger partial charge is 0.292 e. The molecule has 21 heavy (non-hydrogen) atoms. The van der Waals surface area contributed by atoms with Gasteiger partial charge in [-0.25, -0.2) is 0 Å². The van der Waals surface area contributed by atoms with Crippen molar-refractivity contribution < 1.29 is 9.72 Å². The van der Waals surface area contributed by atoms with Gasteiger partial charge in [-0.2, -0.15) is 0 Å². The van der Waals surface area contributed by atoms with E-state index < -0.39 is 4.92 Å². The minimum atomic E-state index is -0.496. The Bertz CT molecular complexity index is 503. The van der Waals surface area contributed by atoms with Gasteiger partial charge in [-0.05, 0) is 25.5 Å². The van der Waals surface area contributed by atoms with Gasteiger partial charge in [-0.15, -0.1) is 0 Å². The normalized spacial score (nSPS) is 12.5. The van der Waals surface area contributed by atoms with Gasteiger partial charge in [-0.1, -0.05) is 32.9 Å². The number of benzene rings is 1. The number of rotatable bonds is 7. The molecule has 0 aliphatic rings. The summed E-state index contributed by atoms with van der Waals surface area (Å²) < 4.78 is 0. The lowest BCUT2D eigenvalue weighted by Crippen LogP contribution is -2.41. The van der Waals surface area contributed by atoms with Crippen LogP contribution in [0.2, 0.25) is 0 Å². The highest BCUT2D eigenvalue weighted by Gasteiger charge is 2.20. The van der Waals surface area contributed by atoms with Crippen molar-refractivity contribution >= 4 is 17.3 Å². The molecule has 116 valence electrons. The summed E-state index contributed by atoms with van der Waals surface area (Å²) in [6.45, 7) is 9.26. The van der Waals surface area contributed by atoms with Crippen molar-refractivity contribution in [1.29, 1.82) is 0 Å². The number of nitro benzene ring substituents is 1. The Labute approximate surface area is 125 Å². The van der Waals surface area contributed by atoms with E-state index >= 15 is 0 Å². The predicted molar refractivity (Wildman–Crippen MR) is 83.3 cm³/mol. The van der Waals surface area contributed by atoms with E-state index in [1.165, 1.54) is 12.1 Å². The van der Waals surface area contributed by atoms with Crippen molar-refractivity contribution in [2.24, 2.45) is 5.92 Å². The predicted octanol–water partition coefficient (Wildman–Crippen LogP) is 2.90. The number of para-hydroxylation sites is 2. The third kappa shape index (κ3) is 4.82. The summed E-state index contributed by atoms with van der Waals surface area (Å²) >= 11 is 0. The molecule has 1 aromatic rings. The van der Waals surface area contributed by atoms with Crippen LogP contribution in [0.5, 0.6) is 0 Å². The molecule has 1 unspecified atom stereocenters. The fraction of sp³-hybridized carbons (Fsp3) is 0.533. The molecule has 0 fully saturated rings. The third-order valence-electron chi connectivity index (χ3n) is 3.67. The maximum atomic E-state index is 12.1. The Hall–Kier alpha value is -1.95. The van der Waals surface area contributed by atoms with E-state index in [4.69, 9.17) is 0 Å². The maximum Gasteiger partial charge on any atom is 0.292 e. The lowest BCUT2D eigenvalue weighted by molar-refractivity contribution is -0.383. The average Bonchev–Trinajstić information content (AvgIpc) is 2.44. The molecule has 0 saturated carbocycles. The first-order valence-electron chi connectivity index (χ1n) is 7.14. The molecule has 0 radical (unpaired) electrons. The Morgan fingerprint density at radius 3 is 2.48 bits per heavy atom. The van der Waals surface area contributed by atoms with E-state index in [0.29, 0.717) is 5.92 Å². The standard InChI is InChI=1S/C15H23N3O3/c1-5-17(12(4)11(2)3)10-15(19)16-13-8-6-7-9-14(13)18(20)21/h6-9,11-12H,5,10H2,1-4H3,(H,16,19). The fourth-order valence-corrected chi connectivity index (χ4v) is 2.08. The highest BCUT2D eigenvalue weighted by Crippen LogP contribution is 2.23. The minimum Gasteiger partial charge on any atom is -0.319 e. The zero-order valence-corrected chi connectivity index (χ0v) is 13.0. The quantitative estimate of drug-likeness (QED) is 0.619. The van der Waals surface area contributed by atoms with Crippen LogP contribution in [0, 0.1) is 16.0 Å². The van der Waals surface area contributed by atoms with Gasteiger partial charge in [0.05, 0.1) is 11.5 Å². The van der Waals surface area contributed by atoms with E-state index in [-0.39, 0.29) is 29.9 Å². The average molecular weight is 293 g/mol. The summed E-state index contributed by atoms with van der Waals surface area (Å²) in [4.78, 5) is 24.6. The van der Waals surface area contributed by atoms with Gasteiger partial charge >= 0.3 is 0 Å². The number of carbonyl (C=O) groups excluding carboxylic acids is 1. The van der Waals surface area contributed by atoms with Crippen LogP contribution in [-0.2, 0) is 4.79 Å². The summed E-state index contributed by atoms with van der Waals surface area (Å²) in [5, 5.41) is 13.6. The Morgan fingerprint density at radius 1 is 1.33 bits per heavy atom. The number of nitrogens with one attached hydrogen (secondary N) is 1. The van der Waals surface area contributed by atoms with Crippen LogP contribution in [0.25, 0.3) is 0 Å². The number of nitro groups is 1. The lowest BCUT2D eigenvalue weighted by atomic mass is 10.0. The molecular weight excluding hydrogens is 270 g/mol. The van der Waals surface area contributed by atoms with Gasteiger partial charge in [0.2, 0.25) is 5.91 Å². The van der Waals surface area contributed by atoms with Crippen LogP contribution >= 0.6 is 0 Å². The van der Waals surface area contributed by atoms with Crippen molar-refractivity contribution in [2.45, 2.75) is 33.7 Å². The fourth-order valence-electron chi connectivity index (χ4n) is 2.08. The number of hydrogen-bond acceptors (Lipinski definition) is 4. The number of nitrogens with zero attached hydrogens (tertiary/aromatic N) is 2. The first-order valence-corrected chi connectivity index (χ1v) is 7.14. The zero-order chi connectivity index (χ0) is 16.0. The Kier molecular flexibility index (Phi) is 6.30. The van der Waals surface area contributed by atoms with Crippen molar-refractivity contribution in [3.8, 4) is 0 Å². The zero-order valence-electron chi connectivity index (χ0n) is 13.0. The molecule has 1 N–H and O–H groups in total. The van der Waals surface area contributed by atoms with Crippen LogP contribution in [0.15, 0.2) is 24.3 Å². The SMILES string of the molecule is CCN(CC(=O)Nc1ccccc1[N+](=O)[O-])C(C)C(C)C. The molecule has 1 atom stereocenters. The monoisotopic (exact) mass is 293 g/mol. The summed E-state index contributed by atoms with van der Waals surface area (Å²) in [5.41, 5.74) is 0.145. The number of likely N-dealkylation sites (N-methyl/N-ethyl adjacent to an activating group) is 1. The molecule has 6 nitrogen and oxygen atoms in total.